The quantitative estimate of drug-likeness (QED) is 0.701. The molecule has 4 rings (SSSR count). The summed E-state index contributed by atoms with van der Waals surface area (Å²) >= 11 is 0. The molecule has 0 atom stereocenters. The van der Waals surface area contributed by atoms with Crippen molar-refractivity contribution in [2.45, 2.75) is 12.8 Å². The number of anilines is 2. The number of carbonyl (C=O) groups excluding carboxylic acids is 1. The van der Waals surface area contributed by atoms with Crippen LogP contribution in [0.15, 0.2) is 61.1 Å². The van der Waals surface area contributed by atoms with Gasteiger partial charge in [-0.2, -0.15) is 0 Å². The standard InChI is InChI=1S/C21H21N5O/c1-25(14-9-16-6-11-22-12-7-16)21-23-13-8-18(24-21)20(27)26-15-10-17-4-2-3-5-19(17)26/h2-8,11-13H,9-10,14-15H2,1H3. The second-order valence-corrected chi connectivity index (χ2v) is 6.60. The van der Waals surface area contributed by atoms with Gasteiger partial charge in [0, 0.05) is 44.4 Å². The summed E-state index contributed by atoms with van der Waals surface area (Å²) in [6.45, 7) is 1.45. The Kier molecular flexibility index (Phi) is 4.78. The lowest BCUT2D eigenvalue weighted by Crippen LogP contribution is -2.30. The van der Waals surface area contributed by atoms with Crippen molar-refractivity contribution in [3.05, 3.63) is 77.9 Å². The normalized spacial score (nSPS) is 12.7. The first-order valence-corrected chi connectivity index (χ1v) is 9.05. The third-order valence-electron chi connectivity index (χ3n) is 4.82. The maximum absolute atomic E-state index is 13.0. The Labute approximate surface area is 158 Å². The number of hydrogen-bond donors (Lipinski definition) is 0. The van der Waals surface area contributed by atoms with E-state index in [9.17, 15) is 4.79 Å². The van der Waals surface area contributed by atoms with E-state index >= 15 is 0 Å². The molecule has 0 saturated carbocycles. The van der Waals surface area contributed by atoms with Crippen LogP contribution in [0.5, 0.6) is 0 Å². The van der Waals surface area contributed by atoms with Crippen LogP contribution >= 0.6 is 0 Å². The predicted octanol–water partition coefficient (Wildman–Crippen LogP) is 2.75. The Morgan fingerprint density at radius 2 is 1.93 bits per heavy atom. The molecule has 0 bridgehead atoms. The fraction of sp³-hybridized carbons (Fsp3) is 0.238. The molecular formula is C21H21N5O. The van der Waals surface area contributed by atoms with Crippen LogP contribution in [-0.2, 0) is 12.8 Å². The second-order valence-electron chi connectivity index (χ2n) is 6.60. The average Bonchev–Trinajstić information content (AvgIpc) is 3.16. The molecule has 6 nitrogen and oxygen atoms in total. The average molecular weight is 359 g/mol. The van der Waals surface area contributed by atoms with Gasteiger partial charge >= 0.3 is 0 Å². The molecule has 3 heterocycles. The van der Waals surface area contributed by atoms with Gasteiger partial charge in [-0.05, 0) is 48.2 Å². The SMILES string of the molecule is CN(CCc1ccncc1)c1nccc(C(=O)N2CCc3ccccc32)n1. The minimum atomic E-state index is -0.0777. The maximum Gasteiger partial charge on any atom is 0.277 e. The van der Waals surface area contributed by atoms with Gasteiger partial charge in [0.1, 0.15) is 5.69 Å². The molecule has 0 saturated heterocycles. The van der Waals surface area contributed by atoms with Gasteiger partial charge in [0.2, 0.25) is 5.95 Å². The van der Waals surface area contributed by atoms with Crippen LogP contribution in [0.3, 0.4) is 0 Å². The first-order valence-electron chi connectivity index (χ1n) is 9.05. The van der Waals surface area contributed by atoms with Crippen molar-refractivity contribution in [3.8, 4) is 0 Å². The molecule has 1 aliphatic heterocycles. The van der Waals surface area contributed by atoms with Crippen LogP contribution in [0.25, 0.3) is 0 Å². The first kappa shape index (κ1) is 17.1. The minimum absolute atomic E-state index is 0.0777. The van der Waals surface area contributed by atoms with E-state index in [1.165, 1.54) is 11.1 Å². The highest BCUT2D eigenvalue weighted by molar-refractivity contribution is 6.06. The molecular weight excluding hydrogens is 338 g/mol. The number of likely N-dealkylation sites (N-methyl/N-ethyl adjacent to an activating group) is 1. The number of pyridine rings is 1. The van der Waals surface area contributed by atoms with Crippen molar-refractivity contribution in [2.24, 2.45) is 0 Å². The zero-order chi connectivity index (χ0) is 18.6. The number of benzene rings is 1. The molecule has 136 valence electrons. The molecule has 2 aromatic heterocycles. The fourth-order valence-electron chi connectivity index (χ4n) is 3.29. The zero-order valence-corrected chi connectivity index (χ0v) is 15.2. The first-order chi connectivity index (χ1) is 13.2. The molecule has 0 spiro atoms. The summed E-state index contributed by atoms with van der Waals surface area (Å²) in [6, 6.07) is 13.7. The van der Waals surface area contributed by atoms with E-state index in [4.69, 9.17) is 0 Å². The molecule has 3 aromatic rings. The lowest BCUT2D eigenvalue weighted by molar-refractivity contribution is 0.0984. The van der Waals surface area contributed by atoms with E-state index in [0.29, 0.717) is 18.2 Å². The Morgan fingerprint density at radius 3 is 2.78 bits per heavy atom. The molecule has 0 N–H and O–H groups in total. The van der Waals surface area contributed by atoms with E-state index in [1.807, 2.05) is 42.3 Å². The summed E-state index contributed by atoms with van der Waals surface area (Å²) in [6.07, 6.45) is 6.98. The van der Waals surface area contributed by atoms with Crippen LogP contribution in [0, 0.1) is 0 Å². The molecule has 1 aromatic carbocycles. The molecule has 1 amide bonds. The Hall–Kier alpha value is -3.28. The fourth-order valence-corrected chi connectivity index (χ4v) is 3.29. The van der Waals surface area contributed by atoms with E-state index in [-0.39, 0.29) is 5.91 Å². The Bertz CT molecular complexity index is 944. The van der Waals surface area contributed by atoms with Gasteiger partial charge in [-0.15, -0.1) is 0 Å². The van der Waals surface area contributed by atoms with Crippen molar-refractivity contribution >= 4 is 17.5 Å². The minimum Gasteiger partial charge on any atom is -0.344 e. The van der Waals surface area contributed by atoms with Crippen molar-refractivity contribution in [1.82, 2.24) is 15.0 Å². The predicted molar refractivity (Wildman–Crippen MR) is 105 cm³/mol. The van der Waals surface area contributed by atoms with E-state index in [0.717, 1.165) is 25.1 Å². The molecule has 0 unspecified atom stereocenters. The van der Waals surface area contributed by atoms with Crippen molar-refractivity contribution in [1.29, 1.82) is 0 Å². The van der Waals surface area contributed by atoms with Gasteiger partial charge in [-0.25, -0.2) is 9.97 Å². The van der Waals surface area contributed by atoms with Crippen LogP contribution < -0.4 is 9.80 Å². The molecule has 6 heteroatoms. The van der Waals surface area contributed by atoms with Crippen LogP contribution in [-0.4, -0.2) is 41.0 Å². The van der Waals surface area contributed by atoms with Crippen molar-refractivity contribution in [2.75, 3.05) is 29.9 Å². The smallest absolute Gasteiger partial charge is 0.277 e. The van der Waals surface area contributed by atoms with Crippen LogP contribution in [0.2, 0.25) is 0 Å². The number of amides is 1. The maximum atomic E-state index is 13.0. The van der Waals surface area contributed by atoms with Gasteiger partial charge in [0.15, 0.2) is 0 Å². The number of hydrogen-bond acceptors (Lipinski definition) is 5. The van der Waals surface area contributed by atoms with Gasteiger partial charge < -0.3 is 9.80 Å². The molecule has 0 radical (unpaired) electrons. The number of fused-ring (bicyclic) bond motifs is 1. The largest absolute Gasteiger partial charge is 0.344 e. The van der Waals surface area contributed by atoms with Gasteiger partial charge in [-0.3, -0.25) is 9.78 Å². The monoisotopic (exact) mass is 359 g/mol. The highest BCUT2D eigenvalue weighted by atomic mass is 16.2. The number of para-hydroxylation sites is 1. The topological polar surface area (TPSA) is 62.2 Å². The zero-order valence-electron chi connectivity index (χ0n) is 15.2. The van der Waals surface area contributed by atoms with Gasteiger partial charge in [0.05, 0.1) is 0 Å². The summed E-state index contributed by atoms with van der Waals surface area (Å²) < 4.78 is 0. The Balaban J connectivity index is 1.48. The number of carbonyl (C=O) groups is 1. The molecule has 27 heavy (non-hydrogen) atoms. The highest BCUT2D eigenvalue weighted by Crippen LogP contribution is 2.28. The number of rotatable bonds is 5. The third-order valence-corrected chi connectivity index (χ3v) is 4.82. The summed E-state index contributed by atoms with van der Waals surface area (Å²) in [5.41, 5.74) is 3.81. The molecule has 0 fully saturated rings. The summed E-state index contributed by atoms with van der Waals surface area (Å²) in [5, 5.41) is 0. The van der Waals surface area contributed by atoms with Crippen LogP contribution in [0.1, 0.15) is 21.6 Å². The van der Waals surface area contributed by atoms with E-state index < -0.39 is 0 Å². The molecule has 0 aliphatic carbocycles. The lowest BCUT2D eigenvalue weighted by Gasteiger charge is -2.19. The third kappa shape index (κ3) is 3.65. The van der Waals surface area contributed by atoms with E-state index in [2.05, 4.69) is 21.0 Å². The van der Waals surface area contributed by atoms with Crippen molar-refractivity contribution in [3.63, 3.8) is 0 Å². The van der Waals surface area contributed by atoms with Crippen LogP contribution in [0.4, 0.5) is 11.6 Å². The van der Waals surface area contributed by atoms with Gasteiger partial charge in [0.25, 0.3) is 5.91 Å². The van der Waals surface area contributed by atoms with Gasteiger partial charge in [-0.1, -0.05) is 18.2 Å². The second kappa shape index (κ2) is 7.53. The molecule has 1 aliphatic rings. The lowest BCUT2D eigenvalue weighted by atomic mass is 10.2. The number of nitrogens with zero attached hydrogens (tertiary/aromatic N) is 5. The number of aromatic nitrogens is 3. The Morgan fingerprint density at radius 1 is 1.11 bits per heavy atom. The summed E-state index contributed by atoms with van der Waals surface area (Å²) in [5.74, 6) is 0.480. The van der Waals surface area contributed by atoms with E-state index in [1.54, 1.807) is 29.6 Å². The summed E-state index contributed by atoms with van der Waals surface area (Å²) in [7, 11) is 1.94. The highest BCUT2D eigenvalue weighted by Gasteiger charge is 2.26. The summed E-state index contributed by atoms with van der Waals surface area (Å²) in [4.78, 5) is 29.6. The van der Waals surface area contributed by atoms with Crippen molar-refractivity contribution < 1.29 is 4.79 Å².